The maximum atomic E-state index is 12.5. The Morgan fingerprint density at radius 1 is 1.21 bits per heavy atom. The van der Waals surface area contributed by atoms with Gasteiger partial charge in [-0.3, -0.25) is 4.79 Å². The number of fused-ring (bicyclic) bond motifs is 1. The molecule has 0 aliphatic carbocycles. The first-order chi connectivity index (χ1) is 11.6. The van der Waals surface area contributed by atoms with Crippen LogP contribution in [0.1, 0.15) is 22.0 Å². The maximum Gasteiger partial charge on any atom is 0.252 e. The zero-order valence-corrected chi connectivity index (χ0v) is 13.7. The largest absolute Gasteiger partial charge is 0.497 e. The van der Waals surface area contributed by atoms with Gasteiger partial charge in [0.05, 0.1) is 13.2 Å². The van der Waals surface area contributed by atoms with Crippen molar-refractivity contribution in [3.8, 4) is 5.75 Å². The number of nitrogens with one attached hydrogen (secondary N) is 1. The Morgan fingerprint density at radius 2 is 1.96 bits per heavy atom. The summed E-state index contributed by atoms with van der Waals surface area (Å²) in [7, 11) is 3.54. The molecule has 0 saturated heterocycles. The van der Waals surface area contributed by atoms with Gasteiger partial charge in [-0.25, -0.2) is 0 Å². The van der Waals surface area contributed by atoms with E-state index in [2.05, 4.69) is 5.32 Å². The number of nitrogens with zero attached hydrogens (tertiary/aromatic N) is 1. The molecule has 5 nitrogen and oxygen atoms in total. The molecule has 0 spiro atoms. The molecular weight excluding hydrogens is 304 g/mol. The number of methoxy groups -OCH3 is 1. The van der Waals surface area contributed by atoms with Gasteiger partial charge >= 0.3 is 0 Å². The van der Waals surface area contributed by atoms with Crippen molar-refractivity contribution in [3.05, 3.63) is 65.9 Å². The molecule has 0 aliphatic rings. The Bertz CT molecular complexity index is 853. The van der Waals surface area contributed by atoms with E-state index in [0.29, 0.717) is 5.56 Å². The molecule has 1 heterocycles. The van der Waals surface area contributed by atoms with E-state index in [0.717, 1.165) is 22.2 Å². The summed E-state index contributed by atoms with van der Waals surface area (Å²) in [4.78, 5) is 12.5. The number of aliphatic hydroxyl groups is 1. The summed E-state index contributed by atoms with van der Waals surface area (Å²) < 4.78 is 7.07. The third kappa shape index (κ3) is 3.12. The Hall–Kier alpha value is -2.79. The summed E-state index contributed by atoms with van der Waals surface area (Å²) in [6, 6.07) is 14.7. The summed E-state index contributed by atoms with van der Waals surface area (Å²) in [5.74, 6) is 0.533. The molecule has 1 aromatic heterocycles. The van der Waals surface area contributed by atoms with Crippen LogP contribution < -0.4 is 10.1 Å². The van der Waals surface area contributed by atoms with E-state index >= 15 is 0 Å². The van der Waals surface area contributed by atoms with Crippen molar-refractivity contribution < 1.29 is 14.6 Å². The van der Waals surface area contributed by atoms with Crippen LogP contribution in [0.3, 0.4) is 0 Å². The van der Waals surface area contributed by atoms with Crippen molar-refractivity contribution in [1.29, 1.82) is 0 Å². The molecule has 3 aromatic rings. The quantitative estimate of drug-likeness (QED) is 0.758. The molecule has 1 atom stereocenters. The molecule has 0 radical (unpaired) electrons. The first-order valence-electron chi connectivity index (χ1n) is 7.74. The van der Waals surface area contributed by atoms with Gasteiger partial charge in [-0.1, -0.05) is 18.2 Å². The fourth-order valence-electron chi connectivity index (χ4n) is 2.73. The monoisotopic (exact) mass is 324 g/mol. The van der Waals surface area contributed by atoms with Crippen molar-refractivity contribution in [3.63, 3.8) is 0 Å². The van der Waals surface area contributed by atoms with Crippen LogP contribution in [-0.2, 0) is 7.05 Å². The molecule has 2 aromatic carbocycles. The van der Waals surface area contributed by atoms with Crippen LogP contribution in [0.4, 0.5) is 0 Å². The van der Waals surface area contributed by atoms with Gasteiger partial charge in [-0.2, -0.15) is 0 Å². The van der Waals surface area contributed by atoms with Crippen LogP contribution in [-0.4, -0.2) is 29.2 Å². The van der Waals surface area contributed by atoms with Crippen molar-refractivity contribution in [2.45, 2.75) is 6.10 Å². The summed E-state index contributed by atoms with van der Waals surface area (Å²) >= 11 is 0. The first-order valence-corrected chi connectivity index (χ1v) is 7.74. The lowest BCUT2D eigenvalue weighted by Gasteiger charge is -2.13. The van der Waals surface area contributed by atoms with E-state index in [-0.39, 0.29) is 12.5 Å². The van der Waals surface area contributed by atoms with E-state index in [9.17, 15) is 9.90 Å². The van der Waals surface area contributed by atoms with Crippen LogP contribution in [0, 0.1) is 0 Å². The Morgan fingerprint density at radius 3 is 2.67 bits per heavy atom. The number of aliphatic hydroxyl groups excluding tert-OH is 1. The van der Waals surface area contributed by atoms with Gasteiger partial charge in [0.15, 0.2) is 0 Å². The predicted molar refractivity (Wildman–Crippen MR) is 93.2 cm³/mol. The molecule has 0 aliphatic heterocycles. The second-order valence-electron chi connectivity index (χ2n) is 5.66. The van der Waals surface area contributed by atoms with Crippen LogP contribution in [0.15, 0.2) is 54.7 Å². The zero-order chi connectivity index (χ0) is 17.1. The van der Waals surface area contributed by atoms with Crippen molar-refractivity contribution in [2.24, 2.45) is 7.05 Å². The van der Waals surface area contributed by atoms with Gasteiger partial charge in [-0.15, -0.1) is 0 Å². The van der Waals surface area contributed by atoms with Gasteiger partial charge in [0.25, 0.3) is 5.91 Å². The lowest BCUT2D eigenvalue weighted by Crippen LogP contribution is -2.28. The molecule has 0 bridgehead atoms. The topological polar surface area (TPSA) is 63.5 Å². The molecule has 0 fully saturated rings. The van der Waals surface area contributed by atoms with Crippen LogP contribution in [0.2, 0.25) is 0 Å². The molecule has 0 saturated carbocycles. The molecule has 5 heteroatoms. The minimum Gasteiger partial charge on any atom is -0.497 e. The Kier molecular flexibility index (Phi) is 4.53. The lowest BCUT2D eigenvalue weighted by atomic mass is 10.1. The van der Waals surface area contributed by atoms with E-state index < -0.39 is 6.10 Å². The lowest BCUT2D eigenvalue weighted by molar-refractivity contribution is 0.0918. The average Bonchev–Trinajstić information content (AvgIpc) is 3.00. The normalized spacial score (nSPS) is 12.1. The average molecular weight is 324 g/mol. The number of benzene rings is 2. The van der Waals surface area contributed by atoms with Crippen molar-refractivity contribution in [2.75, 3.05) is 13.7 Å². The number of hydrogen-bond donors (Lipinski definition) is 2. The highest BCUT2D eigenvalue weighted by Crippen LogP contribution is 2.20. The molecular formula is C19H20N2O3. The van der Waals surface area contributed by atoms with Gasteiger partial charge in [0.2, 0.25) is 0 Å². The van der Waals surface area contributed by atoms with Gasteiger partial charge < -0.3 is 19.7 Å². The second kappa shape index (κ2) is 6.76. The number of aryl methyl sites for hydroxylation is 1. The number of amides is 1. The minimum absolute atomic E-state index is 0.147. The summed E-state index contributed by atoms with van der Waals surface area (Å²) in [6.07, 6.45) is 1.16. The predicted octanol–water partition coefficient (Wildman–Crippen LogP) is 2.65. The Balaban J connectivity index is 1.70. The highest BCUT2D eigenvalue weighted by Gasteiger charge is 2.14. The van der Waals surface area contributed by atoms with E-state index in [1.165, 1.54) is 0 Å². The van der Waals surface area contributed by atoms with Crippen LogP contribution in [0.25, 0.3) is 10.9 Å². The van der Waals surface area contributed by atoms with Crippen molar-refractivity contribution in [1.82, 2.24) is 9.88 Å². The van der Waals surface area contributed by atoms with Gasteiger partial charge in [0, 0.05) is 36.3 Å². The number of carbonyl (C=O) groups excluding carboxylic acids is 1. The molecule has 2 N–H and O–H groups in total. The molecule has 124 valence electrons. The first kappa shape index (κ1) is 16.1. The minimum atomic E-state index is -0.769. The van der Waals surface area contributed by atoms with Gasteiger partial charge in [0.1, 0.15) is 5.75 Å². The molecule has 1 unspecified atom stereocenters. The smallest absolute Gasteiger partial charge is 0.252 e. The SMILES string of the molecule is COc1ccc(C(O)CNC(=O)c2cccc3c2ccn3C)cc1. The van der Waals surface area contributed by atoms with Gasteiger partial charge in [-0.05, 0) is 35.9 Å². The highest BCUT2D eigenvalue weighted by atomic mass is 16.5. The number of carbonyl (C=O) groups is 1. The standard InChI is InChI=1S/C19H20N2O3/c1-21-11-10-15-16(4-3-5-17(15)21)19(23)20-12-18(22)13-6-8-14(24-2)9-7-13/h3-11,18,22H,12H2,1-2H3,(H,20,23). The Labute approximate surface area is 140 Å². The summed E-state index contributed by atoms with van der Waals surface area (Å²) in [6.45, 7) is 0.147. The van der Waals surface area contributed by atoms with E-state index in [4.69, 9.17) is 4.74 Å². The van der Waals surface area contributed by atoms with Crippen LogP contribution in [0.5, 0.6) is 5.75 Å². The fourth-order valence-corrected chi connectivity index (χ4v) is 2.73. The maximum absolute atomic E-state index is 12.5. The zero-order valence-electron chi connectivity index (χ0n) is 13.7. The summed E-state index contributed by atoms with van der Waals surface area (Å²) in [5.41, 5.74) is 2.34. The fraction of sp³-hybridized carbons (Fsp3) is 0.211. The molecule has 3 rings (SSSR count). The van der Waals surface area contributed by atoms with E-state index in [1.807, 2.05) is 36.0 Å². The van der Waals surface area contributed by atoms with E-state index in [1.54, 1.807) is 37.4 Å². The van der Waals surface area contributed by atoms with Crippen molar-refractivity contribution >= 4 is 16.8 Å². The third-order valence-corrected chi connectivity index (χ3v) is 4.13. The molecule has 1 amide bonds. The summed E-state index contributed by atoms with van der Waals surface area (Å²) in [5, 5.41) is 13.9. The third-order valence-electron chi connectivity index (χ3n) is 4.13. The number of aromatic nitrogens is 1. The molecule has 24 heavy (non-hydrogen) atoms. The highest BCUT2D eigenvalue weighted by molar-refractivity contribution is 6.06. The van der Waals surface area contributed by atoms with Crippen LogP contribution >= 0.6 is 0 Å². The number of hydrogen-bond acceptors (Lipinski definition) is 3. The second-order valence-corrected chi connectivity index (χ2v) is 5.66. The number of ether oxygens (including phenoxy) is 1. The number of rotatable bonds is 5.